The van der Waals surface area contributed by atoms with E-state index in [-0.39, 0.29) is 49.3 Å². The number of hydrogen-bond donors (Lipinski definition) is 5. The van der Waals surface area contributed by atoms with E-state index < -0.39 is 42.1 Å². The van der Waals surface area contributed by atoms with Crippen LogP contribution in [0, 0.1) is 11.8 Å². The predicted molar refractivity (Wildman–Crippen MR) is 209 cm³/mol. The van der Waals surface area contributed by atoms with Crippen molar-refractivity contribution in [1.29, 1.82) is 0 Å². The standard InChI is InChI=1S/C43H54N6O5/c1-29(2)39(48-37(50)21-19-33-17-11-23-44-27-33)42(53)46-35(25-31-13-7-5-8-14-31)41(52)36(26-32-15-9-6-10-16-32)47-43(54)40(30(3)4)49-38(51)22-20-34-18-12-24-45-28-34/h5-18,23-24,27-30,35-36,39-41,52H,19-22,25-26H2,1-4H3,(H,46,53)(H,47,54)(H,48,50)(H,49,51)/t35-,36-,39?,40?,41?/m0/s1. The molecule has 4 aromatic rings. The summed E-state index contributed by atoms with van der Waals surface area (Å²) in [5.41, 5.74) is 3.57. The van der Waals surface area contributed by atoms with Gasteiger partial charge in [0.2, 0.25) is 23.6 Å². The van der Waals surface area contributed by atoms with Gasteiger partial charge in [-0.3, -0.25) is 29.1 Å². The zero-order chi connectivity index (χ0) is 38.9. The van der Waals surface area contributed by atoms with Crippen LogP contribution in [0.2, 0.25) is 0 Å². The maximum Gasteiger partial charge on any atom is 0.243 e. The number of aryl methyl sites for hydroxylation is 2. The Morgan fingerprint density at radius 2 is 0.907 bits per heavy atom. The van der Waals surface area contributed by atoms with Gasteiger partial charge in [0.05, 0.1) is 18.2 Å². The Morgan fingerprint density at radius 1 is 0.537 bits per heavy atom. The molecular formula is C43H54N6O5. The van der Waals surface area contributed by atoms with Crippen LogP contribution in [0.15, 0.2) is 110 Å². The summed E-state index contributed by atoms with van der Waals surface area (Å²) < 4.78 is 0. The van der Waals surface area contributed by atoms with Crippen molar-refractivity contribution in [1.82, 2.24) is 31.2 Å². The minimum absolute atomic E-state index is 0.181. The first kappa shape index (κ1) is 41.3. The van der Waals surface area contributed by atoms with Crippen molar-refractivity contribution >= 4 is 23.6 Å². The molecular weight excluding hydrogens is 681 g/mol. The van der Waals surface area contributed by atoms with Crippen LogP contribution >= 0.6 is 0 Å². The molecule has 54 heavy (non-hydrogen) atoms. The molecule has 0 aliphatic carbocycles. The lowest BCUT2D eigenvalue weighted by Gasteiger charge is -2.34. The van der Waals surface area contributed by atoms with E-state index in [1.54, 1.807) is 24.8 Å². The van der Waals surface area contributed by atoms with Crippen molar-refractivity contribution in [2.24, 2.45) is 11.8 Å². The summed E-state index contributed by atoms with van der Waals surface area (Å²) in [6, 6.07) is 22.9. The second-order valence-corrected chi connectivity index (χ2v) is 14.4. The Kier molecular flexibility index (Phi) is 16.3. The Morgan fingerprint density at radius 3 is 1.24 bits per heavy atom. The van der Waals surface area contributed by atoms with Gasteiger partial charge in [0.1, 0.15) is 12.1 Å². The number of nitrogens with one attached hydrogen (secondary N) is 4. The third-order valence-electron chi connectivity index (χ3n) is 9.34. The van der Waals surface area contributed by atoms with Gasteiger partial charge in [0.15, 0.2) is 0 Å². The molecule has 2 heterocycles. The number of aromatic nitrogens is 2. The number of pyridine rings is 2. The van der Waals surface area contributed by atoms with Gasteiger partial charge in [0, 0.05) is 37.6 Å². The predicted octanol–water partition coefficient (Wildman–Crippen LogP) is 4.14. The van der Waals surface area contributed by atoms with Crippen molar-refractivity contribution in [3.05, 3.63) is 132 Å². The second-order valence-electron chi connectivity index (χ2n) is 14.4. The lowest BCUT2D eigenvalue weighted by Crippen LogP contribution is -2.61. The van der Waals surface area contributed by atoms with Crippen LogP contribution in [0.3, 0.4) is 0 Å². The highest BCUT2D eigenvalue weighted by Crippen LogP contribution is 2.16. The van der Waals surface area contributed by atoms with Crippen molar-refractivity contribution in [2.45, 2.75) is 96.5 Å². The van der Waals surface area contributed by atoms with Gasteiger partial charge < -0.3 is 26.4 Å². The number of rotatable bonds is 20. The fraction of sp³-hybridized carbons (Fsp3) is 0.395. The third-order valence-corrected chi connectivity index (χ3v) is 9.34. The van der Waals surface area contributed by atoms with E-state index in [1.807, 2.05) is 113 Å². The first-order valence-corrected chi connectivity index (χ1v) is 18.7. The number of carbonyl (C=O) groups is 4. The molecule has 11 nitrogen and oxygen atoms in total. The van der Waals surface area contributed by atoms with E-state index >= 15 is 0 Å². The topological polar surface area (TPSA) is 162 Å². The largest absolute Gasteiger partial charge is 0.389 e. The molecule has 0 radical (unpaired) electrons. The third kappa shape index (κ3) is 13.5. The lowest BCUT2D eigenvalue weighted by atomic mass is 9.91. The maximum absolute atomic E-state index is 14.0. The summed E-state index contributed by atoms with van der Waals surface area (Å²) in [4.78, 5) is 62.3. The first-order valence-electron chi connectivity index (χ1n) is 18.7. The number of amides is 4. The van der Waals surface area contributed by atoms with Gasteiger partial charge in [-0.1, -0.05) is 100 Å². The summed E-state index contributed by atoms with van der Waals surface area (Å²) >= 11 is 0. The number of benzene rings is 2. The average Bonchev–Trinajstić information content (AvgIpc) is 3.17. The summed E-state index contributed by atoms with van der Waals surface area (Å²) in [6.45, 7) is 7.40. The van der Waals surface area contributed by atoms with E-state index in [9.17, 15) is 24.3 Å². The van der Waals surface area contributed by atoms with Crippen molar-refractivity contribution < 1.29 is 24.3 Å². The first-order chi connectivity index (χ1) is 26.0. The number of hydrogen-bond acceptors (Lipinski definition) is 7. The molecule has 286 valence electrons. The SMILES string of the molecule is CC(C)C(NC(=O)CCc1cccnc1)C(=O)N[C@@H](Cc1ccccc1)C(O)[C@H](Cc1ccccc1)NC(=O)C(NC(=O)CCc1cccnc1)C(C)C. The van der Waals surface area contributed by atoms with Crippen LogP contribution in [0.4, 0.5) is 0 Å². The maximum atomic E-state index is 14.0. The second kappa shape index (κ2) is 21.3. The van der Waals surface area contributed by atoms with Crippen LogP contribution in [0.1, 0.15) is 62.8 Å². The molecule has 4 amide bonds. The highest BCUT2D eigenvalue weighted by atomic mass is 16.3. The molecule has 0 fully saturated rings. The molecule has 5 N–H and O–H groups in total. The summed E-state index contributed by atoms with van der Waals surface area (Å²) in [7, 11) is 0. The number of nitrogens with zero attached hydrogens (tertiary/aromatic N) is 2. The highest BCUT2D eigenvalue weighted by Gasteiger charge is 2.35. The van der Waals surface area contributed by atoms with Crippen LogP contribution in [-0.2, 0) is 44.9 Å². The quantitative estimate of drug-likeness (QED) is 0.0912. The fourth-order valence-corrected chi connectivity index (χ4v) is 6.24. The van der Waals surface area contributed by atoms with Crippen LogP contribution < -0.4 is 21.3 Å². The lowest BCUT2D eigenvalue weighted by molar-refractivity contribution is -0.132. The van der Waals surface area contributed by atoms with Gasteiger partial charge in [-0.15, -0.1) is 0 Å². The fourth-order valence-electron chi connectivity index (χ4n) is 6.24. The van der Waals surface area contributed by atoms with Crippen LogP contribution in [-0.4, -0.2) is 69.0 Å². The van der Waals surface area contributed by atoms with Gasteiger partial charge in [0.25, 0.3) is 0 Å². The Bertz CT molecular complexity index is 1610. The van der Waals surface area contributed by atoms with Gasteiger partial charge in [-0.25, -0.2) is 0 Å². The summed E-state index contributed by atoms with van der Waals surface area (Å²) in [5, 5.41) is 24.1. The Hall–Kier alpha value is -5.42. The molecule has 2 aromatic carbocycles. The molecule has 0 spiro atoms. The molecule has 2 aromatic heterocycles. The number of carbonyl (C=O) groups excluding carboxylic acids is 4. The van der Waals surface area contributed by atoms with Gasteiger partial charge in [-0.2, -0.15) is 0 Å². The van der Waals surface area contributed by atoms with Crippen molar-refractivity contribution in [3.63, 3.8) is 0 Å². The summed E-state index contributed by atoms with van der Waals surface area (Å²) in [6.07, 6.45) is 7.33. The molecule has 4 atom stereocenters. The molecule has 11 heteroatoms. The smallest absolute Gasteiger partial charge is 0.243 e. The molecule has 0 saturated carbocycles. The van der Waals surface area contributed by atoms with Crippen LogP contribution in [0.5, 0.6) is 0 Å². The van der Waals surface area contributed by atoms with Crippen molar-refractivity contribution in [2.75, 3.05) is 0 Å². The Balaban J connectivity index is 1.54. The molecule has 2 unspecified atom stereocenters. The normalized spacial score (nSPS) is 14.0. The van der Waals surface area contributed by atoms with E-state index in [0.29, 0.717) is 12.8 Å². The molecule has 0 saturated heterocycles. The minimum atomic E-state index is -1.26. The molecule has 0 aliphatic rings. The molecule has 0 aliphatic heterocycles. The molecule has 4 rings (SSSR count). The van der Waals surface area contributed by atoms with Crippen LogP contribution in [0.25, 0.3) is 0 Å². The van der Waals surface area contributed by atoms with Gasteiger partial charge >= 0.3 is 0 Å². The molecule has 0 bridgehead atoms. The number of aliphatic hydroxyl groups excluding tert-OH is 1. The highest BCUT2D eigenvalue weighted by molar-refractivity contribution is 5.89. The monoisotopic (exact) mass is 734 g/mol. The van der Waals surface area contributed by atoms with E-state index in [0.717, 1.165) is 22.3 Å². The zero-order valence-electron chi connectivity index (χ0n) is 31.7. The van der Waals surface area contributed by atoms with E-state index in [2.05, 4.69) is 31.2 Å². The Labute approximate surface area is 318 Å². The van der Waals surface area contributed by atoms with Gasteiger partial charge in [-0.05, 0) is 71.9 Å². The van der Waals surface area contributed by atoms with E-state index in [4.69, 9.17) is 0 Å². The zero-order valence-corrected chi connectivity index (χ0v) is 31.7. The van der Waals surface area contributed by atoms with E-state index in [1.165, 1.54) is 0 Å². The average molecular weight is 735 g/mol. The number of aliphatic hydroxyl groups is 1. The minimum Gasteiger partial charge on any atom is -0.389 e. The summed E-state index contributed by atoms with van der Waals surface area (Å²) in [5.74, 6) is -1.94. The van der Waals surface area contributed by atoms with Crippen molar-refractivity contribution in [3.8, 4) is 0 Å².